The zero-order valence-electron chi connectivity index (χ0n) is 12.1. The van der Waals surface area contributed by atoms with E-state index in [1.54, 1.807) is 4.90 Å². The van der Waals surface area contributed by atoms with Gasteiger partial charge < -0.3 is 15.4 Å². The van der Waals surface area contributed by atoms with Crippen LogP contribution in [0.15, 0.2) is 30.3 Å². The van der Waals surface area contributed by atoms with E-state index in [1.165, 1.54) is 5.56 Å². The Bertz CT molecular complexity index is 422. The van der Waals surface area contributed by atoms with Gasteiger partial charge in [-0.2, -0.15) is 0 Å². The van der Waals surface area contributed by atoms with Crippen molar-refractivity contribution in [1.82, 2.24) is 4.90 Å². The molecule has 2 unspecified atom stereocenters. The van der Waals surface area contributed by atoms with Gasteiger partial charge in [-0.05, 0) is 31.2 Å². The molecule has 20 heavy (non-hydrogen) atoms. The maximum Gasteiger partial charge on any atom is 0.251 e. The van der Waals surface area contributed by atoms with E-state index < -0.39 is 0 Å². The van der Waals surface area contributed by atoms with Crippen molar-refractivity contribution in [3.8, 4) is 0 Å². The van der Waals surface area contributed by atoms with Crippen LogP contribution in [0.4, 0.5) is 0 Å². The Morgan fingerprint density at radius 3 is 2.75 bits per heavy atom. The predicted molar refractivity (Wildman–Crippen MR) is 79.3 cm³/mol. The second-order valence-corrected chi connectivity index (χ2v) is 5.41. The number of amides is 1. The van der Waals surface area contributed by atoms with E-state index in [0.29, 0.717) is 6.54 Å². The van der Waals surface area contributed by atoms with Gasteiger partial charge in [0.15, 0.2) is 0 Å². The summed E-state index contributed by atoms with van der Waals surface area (Å²) in [6.45, 7) is 1.27. The van der Waals surface area contributed by atoms with Crippen LogP contribution >= 0.6 is 0 Å². The fraction of sp³-hybridized carbons (Fsp3) is 0.562. The Hall–Kier alpha value is -1.39. The fourth-order valence-corrected chi connectivity index (χ4v) is 2.58. The van der Waals surface area contributed by atoms with Crippen molar-refractivity contribution in [3.63, 3.8) is 0 Å². The van der Waals surface area contributed by atoms with Gasteiger partial charge in [0.25, 0.3) is 5.91 Å². The molecule has 0 aliphatic carbocycles. The third-order valence-corrected chi connectivity index (χ3v) is 3.82. The highest BCUT2D eigenvalue weighted by molar-refractivity contribution is 5.80. The molecule has 2 N–H and O–H groups in total. The normalized spacial score (nSPS) is 21.9. The molecule has 1 aliphatic heterocycles. The first-order valence-electron chi connectivity index (χ1n) is 7.35. The van der Waals surface area contributed by atoms with Crippen molar-refractivity contribution in [1.29, 1.82) is 0 Å². The molecule has 0 aromatic heterocycles. The Labute approximate surface area is 120 Å². The van der Waals surface area contributed by atoms with E-state index in [4.69, 9.17) is 10.5 Å². The molecule has 1 aromatic carbocycles. The number of carbonyl (C=O) groups excluding carboxylic acids is 1. The molecule has 4 heteroatoms. The fourth-order valence-electron chi connectivity index (χ4n) is 2.58. The number of likely N-dealkylation sites (N-methyl/N-ethyl adjacent to an activating group) is 1. The van der Waals surface area contributed by atoms with E-state index >= 15 is 0 Å². The number of nitrogens with zero attached hydrogens (tertiary/aromatic N) is 1. The third-order valence-electron chi connectivity index (χ3n) is 3.82. The average molecular weight is 276 g/mol. The molecule has 1 aromatic rings. The summed E-state index contributed by atoms with van der Waals surface area (Å²) in [5.41, 5.74) is 6.88. The summed E-state index contributed by atoms with van der Waals surface area (Å²) in [6, 6.07) is 10.3. The lowest BCUT2D eigenvalue weighted by molar-refractivity contribution is -0.141. The SMILES string of the molecule is CN(CCCc1ccccc1)C(=O)C1CCC(CN)O1. The zero-order chi connectivity index (χ0) is 14.4. The van der Waals surface area contributed by atoms with Crippen molar-refractivity contribution in [2.45, 2.75) is 37.9 Å². The van der Waals surface area contributed by atoms with Crippen molar-refractivity contribution in [2.75, 3.05) is 20.1 Å². The van der Waals surface area contributed by atoms with E-state index in [0.717, 1.165) is 32.2 Å². The highest BCUT2D eigenvalue weighted by Crippen LogP contribution is 2.20. The first kappa shape index (κ1) is 15.0. The highest BCUT2D eigenvalue weighted by Gasteiger charge is 2.31. The monoisotopic (exact) mass is 276 g/mol. The Balaban J connectivity index is 1.72. The molecule has 110 valence electrons. The summed E-state index contributed by atoms with van der Waals surface area (Å²) in [7, 11) is 1.85. The smallest absolute Gasteiger partial charge is 0.251 e. The van der Waals surface area contributed by atoms with Gasteiger partial charge in [0, 0.05) is 20.1 Å². The molecule has 1 heterocycles. The zero-order valence-corrected chi connectivity index (χ0v) is 12.1. The van der Waals surface area contributed by atoms with E-state index in [2.05, 4.69) is 12.1 Å². The van der Waals surface area contributed by atoms with Gasteiger partial charge in [0.1, 0.15) is 6.10 Å². The number of hydrogen-bond donors (Lipinski definition) is 1. The lowest BCUT2D eigenvalue weighted by Gasteiger charge is -2.21. The predicted octanol–water partition coefficient (Wildman–Crippen LogP) is 1.58. The third kappa shape index (κ3) is 4.05. The van der Waals surface area contributed by atoms with Crippen LogP contribution in [0.3, 0.4) is 0 Å². The Morgan fingerprint density at radius 1 is 1.35 bits per heavy atom. The van der Waals surface area contributed by atoms with Crippen LogP contribution in [-0.2, 0) is 16.0 Å². The standard InChI is InChI=1S/C16H24N2O2/c1-18(11-5-8-13-6-3-2-4-7-13)16(19)15-10-9-14(12-17)20-15/h2-4,6-7,14-15H,5,8-12,17H2,1H3. The quantitative estimate of drug-likeness (QED) is 0.858. The van der Waals surface area contributed by atoms with Crippen LogP contribution in [0, 0.1) is 0 Å². The molecule has 0 saturated carbocycles. The summed E-state index contributed by atoms with van der Waals surface area (Å²) in [6.07, 6.45) is 3.43. The van der Waals surface area contributed by atoms with Crippen molar-refractivity contribution in [2.24, 2.45) is 5.73 Å². The Kier molecular flexibility index (Phi) is 5.56. The number of hydrogen-bond acceptors (Lipinski definition) is 3. The number of benzene rings is 1. The first-order valence-corrected chi connectivity index (χ1v) is 7.35. The van der Waals surface area contributed by atoms with Crippen LogP contribution in [0.5, 0.6) is 0 Å². The van der Waals surface area contributed by atoms with E-state index in [9.17, 15) is 4.79 Å². The minimum Gasteiger partial charge on any atom is -0.364 e. The first-order chi connectivity index (χ1) is 9.70. The molecule has 1 fully saturated rings. The molecule has 0 spiro atoms. The lowest BCUT2D eigenvalue weighted by Crippen LogP contribution is -2.37. The molecule has 2 rings (SSSR count). The summed E-state index contributed by atoms with van der Waals surface area (Å²) in [4.78, 5) is 14.0. The summed E-state index contributed by atoms with van der Waals surface area (Å²) >= 11 is 0. The van der Waals surface area contributed by atoms with Crippen LogP contribution in [0.25, 0.3) is 0 Å². The molecule has 1 amide bonds. The van der Waals surface area contributed by atoms with Crippen molar-refractivity contribution >= 4 is 5.91 Å². The summed E-state index contributed by atoms with van der Waals surface area (Å²) in [5.74, 6) is 0.0917. The number of rotatable bonds is 6. The second-order valence-electron chi connectivity index (χ2n) is 5.41. The maximum absolute atomic E-state index is 12.2. The molecular weight excluding hydrogens is 252 g/mol. The van der Waals surface area contributed by atoms with Gasteiger partial charge in [0.05, 0.1) is 6.10 Å². The van der Waals surface area contributed by atoms with Crippen LogP contribution < -0.4 is 5.73 Å². The molecule has 0 bridgehead atoms. The lowest BCUT2D eigenvalue weighted by atomic mass is 10.1. The van der Waals surface area contributed by atoms with Crippen LogP contribution in [0.2, 0.25) is 0 Å². The van der Waals surface area contributed by atoms with Gasteiger partial charge in [-0.3, -0.25) is 4.79 Å². The second kappa shape index (κ2) is 7.41. The topological polar surface area (TPSA) is 55.6 Å². The highest BCUT2D eigenvalue weighted by atomic mass is 16.5. The van der Waals surface area contributed by atoms with Gasteiger partial charge in [-0.15, -0.1) is 0 Å². The van der Waals surface area contributed by atoms with Gasteiger partial charge in [-0.1, -0.05) is 30.3 Å². The minimum absolute atomic E-state index is 0.0571. The van der Waals surface area contributed by atoms with Crippen LogP contribution in [0.1, 0.15) is 24.8 Å². The summed E-state index contributed by atoms with van der Waals surface area (Å²) < 4.78 is 5.64. The maximum atomic E-state index is 12.2. The molecule has 4 nitrogen and oxygen atoms in total. The molecule has 1 aliphatic rings. The summed E-state index contributed by atoms with van der Waals surface area (Å²) in [5, 5.41) is 0. The average Bonchev–Trinajstić information content (AvgIpc) is 2.96. The van der Waals surface area contributed by atoms with E-state index in [1.807, 2.05) is 25.2 Å². The molecular formula is C16H24N2O2. The van der Waals surface area contributed by atoms with Gasteiger partial charge in [0.2, 0.25) is 0 Å². The largest absolute Gasteiger partial charge is 0.364 e. The molecule has 0 radical (unpaired) electrons. The van der Waals surface area contributed by atoms with Gasteiger partial charge in [-0.25, -0.2) is 0 Å². The van der Waals surface area contributed by atoms with Crippen molar-refractivity contribution < 1.29 is 9.53 Å². The number of ether oxygens (including phenoxy) is 1. The van der Waals surface area contributed by atoms with E-state index in [-0.39, 0.29) is 18.1 Å². The van der Waals surface area contributed by atoms with Gasteiger partial charge >= 0.3 is 0 Å². The van der Waals surface area contributed by atoms with Crippen molar-refractivity contribution in [3.05, 3.63) is 35.9 Å². The number of aryl methyl sites for hydroxylation is 1. The Morgan fingerprint density at radius 2 is 2.10 bits per heavy atom. The molecule has 1 saturated heterocycles. The minimum atomic E-state index is -0.287. The number of carbonyl (C=O) groups is 1. The number of nitrogens with two attached hydrogens (primary N) is 1. The molecule has 2 atom stereocenters. The van der Waals surface area contributed by atoms with Crippen LogP contribution in [-0.4, -0.2) is 43.2 Å².